The van der Waals surface area contributed by atoms with E-state index >= 15 is 0 Å². The lowest BCUT2D eigenvalue weighted by atomic mass is 10.1. The van der Waals surface area contributed by atoms with Crippen LogP contribution in [0.1, 0.15) is 45.1 Å². The molecule has 0 saturated heterocycles. The van der Waals surface area contributed by atoms with E-state index in [2.05, 4.69) is 31.2 Å². The number of nitrogens with zero attached hydrogens (tertiary/aromatic N) is 2. The van der Waals surface area contributed by atoms with Gasteiger partial charge in [-0.05, 0) is 44.5 Å². The molecule has 0 radical (unpaired) electrons. The molecule has 2 aromatic heterocycles. The Bertz CT molecular complexity index is 1350. The highest BCUT2D eigenvalue weighted by atomic mass is 79.9. The number of nitrogens with one attached hydrogen (secondary N) is 1. The number of alkyl halides is 3. The first-order valence-corrected chi connectivity index (χ1v) is 13.7. The van der Waals surface area contributed by atoms with Gasteiger partial charge in [0, 0.05) is 10.0 Å². The standard InChI is InChI=1S/C24H21BrF3N3O5S2/c1-4-35-21(33)18-12(3)19(22(34)36-5-2)38-20(18)31-17(32)11-37-23-29-15(10-16(30-23)24(26,27)28)13-6-8-14(25)9-7-13/h6-10H,4-5,11H2,1-3H3,(H,31,32). The number of aromatic nitrogens is 2. The lowest BCUT2D eigenvalue weighted by Gasteiger charge is -2.11. The molecule has 1 amide bonds. The van der Waals surface area contributed by atoms with Crippen molar-refractivity contribution >= 4 is 61.9 Å². The van der Waals surface area contributed by atoms with E-state index in [0.29, 0.717) is 17.3 Å². The molecule has 3 rings (SSSR count). The van der Waals surface area contributed by atoms with Gasteiger partial charge in [0.15, 0.2) is 5.16 Å². The number of thiophene rings is 1. The molecule has 0 atom stereocenters. The van der Waals surface area contributed by atoms with Gasteiger partial charge in [-0.25, -0.2) is 19.6 Å². The molecule has 14 heteroatoms. The van der Waals surface area contributed by atoms with Crippen molar-refractivity contribution in [2.24, 2.45) is 0 Å². The third-order valence-corrected chi connectivity index (χ3v) is 7.37. The number of hydrogen-bond donors (Lipinski definition) is 1. The summed E-state index contributed by atoms with van der Waals surface area (Å²) in [5.74, 6) is -2.41. The number of thioether (sulfide) groups is 1. The van der Waals surface area contributed by atoms with Gasteiger partial charge < -0.3 is 14.8 Å². The zero-order valence-corrected chi connectivity index (χ0v) is 23.5. The molecule has 0 spiro atoms. The van der Waals surface area contributed by atoms with Gasteiger partial charge in [0.05, 0.1) is 30.2 Å². The van der Waals surface area contributed by atoms with E-state index < -0.39 is 29.7 Å². The molecule has 0 aliphatic carbocycles. The molecule has 0 aliphatic heterocycles. The highest BCUT2D eigenvalue weighted by molar-refractivity contribution is 9.10. The summed E-state index contributed by atoms with van der Waals surface area (Å²) in [6.45, 7) is 4.95. The van der Waals surface area contributed by atoms with Crippen molar-refractivity contribution in [3.05, 3.63) is 56.5 Å². The molecule has 3 aromatic rings. The van der Waals surface area contributed by atoms with Gasteiger partial charge in [0.2, 0.25) is 5.91 Å². The summed E-state index contributed by atoms with van der Waals surface area (Å²) < 4.78 is 51.3. The van der Waals surface area contributed by atoms with Crippen molar-refractivity contribution in [1.82, 2.24) is 9.97 Å². The molecular formula is C24H21BrF3N3O5S2. The van der Waals surface area contributed by atoms with Gasteiger partial charge in [0.25, 0.3) is 0 Å². The third kappa shape index (κ3) is 7.32. The number of ether oxygens (including phenoxy) is 2. The molecule has 1 aromatic carbocycles. The van der Waals surface area contributed by atoms with Gasteiger partial charge in [-0.1, -0.05) is 39.8 Å². The molecule has 0 fully saturated rings. The van der Waals surface area contributed by atoms with E-state index in [0.717, 1.165) is 21.9 Å². The van der Waals surface area contributed by atoms with Crippen molar-refractivity contribution in [3.8, 4) is 11.3 Å². The zero-order chi connectivity index (χ0) is 28.0. The van der Waals surface area contributed by atoms with E-state index in [9.17, 15) is 27.6 Å². The van der Waals surface area contributed by atoms with Crippen LogP contribution in [-0.4, -0.2) is 46.8 Å². The van der Waals surface area contributed by atoms with E-state index in [1.165, 1.54) is 6.92 Å². The molecule has 8 nitrogen and oxygen atoms in total. The first-order valence-electron chi connectivity index (χ1n) is 11.1. The van der Waals surface area contributed by atoms with Crippen molar-refractivity contribution in [2.75, 3.05) is 24.3 Å². The number of benzene rings is 1. The van der Waals surface area contributed by atoms with Gasteiger partial charge >= 0.3 is 18.1 Å². The van der Waals surface area contributed by atoms with Crippen molar-refractivity contribution in [3.63, 3.8) is 0 Å². The quantitative estimate of drug-likeness (QED) is 0.165. The molecule has 0 unspecified atom stereocenters. The number of esters is 2. The fourth-order valence-corrected chi connectivity index (χ4v) is 5.17. The number of carbonyl (C=O) groups is 3. The molecule has 0 bridgehead atoms. The van der Waals surface area contributed by atoms with Crippen LogP contribution in [0.4, 0.5) is 18.2 Å². The number of anilines is 1. The third-order valence-electron chi connectivity index (χ3n) is 4.81. The average Bonchev–Trinajstić information content (AvgIpc) is 3.18. The number of carbonyl (C=O) groups excluding carboxylic acids is 3. The fourth-order valence-electron chi connectivity index (χ4n) is 3.14. The first-order chi connectivity index (χ1) is 17.9. The number of hydrogen-bond acceptors (Lipinski definition) is 9. The van der Waals surface area contributed by atoms with Gasteiger partial charge in [-0.3, -0.25) is 4.79 Å². The van der Waals surface area contributed by atoms with Crippen molar-refractivity contribution < 1.29 is 37.0 Å². The van der Waals surface area contributed by atoms with E-state index in [-0.39, 0.29) is 50.8 Å². The molecule has 202 valence electrons. The van der Waals surface area contributed by atoms with E-state index in [4.69, 9.17) is 9.47 Å². The van der Waals surface area contributed by atoms with Gasteiger partial charge in [-0.15, -0.1) is 11.3 Å². The first kappa shape index (κ1) is 29.6. The number of amides is 1. The second kappa shape index (κ2) is 12.7. The Labute approximate surface area is 232 Å². The van der Waals surface area contributed by atoms with Crippen LogP contribution in [0.15, 0.2) is 40.0 Å². The maximum absolute atomic E-state index is 13.5. The summed E-state index contributed by atoms with van der Waals surface area (Å²) in [5, 5.41) is 2.35. The highest BCUT2D eigenvalue weighted by Crippen LogP contribution is 2.35. The lowest BCUT2D eigenvalue weighted by molar-refractivity contribution is -0.141. The monoisotopic (exact) mass is 631 g/mol. The molecular weight excluding hydrogens is 611 g/mol. The molecule has 0 aliphatic rings. The topological polar surface area (TPSA) is 107 Å². The molecule has 2 heterocycles. The van der Waals surface area contributed by atoms with Crippen molar-refractivity contribution in [1.29, 1.82) is 0 Å². The van der Waals surface area contributed by atoms with Crippen LogP contribution in [0.2, 0.25) is 0 Å². The van der Waals surface area contributed by atoms with E-state index in [1.54, 1.807) is 38.1 Å². The van der Waals surface area contributed by atoms with E-state index in [1.807, 2.05) is 0 Å². The van der Waals surface area contributed by atoms with Gasteiger partial charge in [0.1, 0.15) is 15.6 Å². The SMILES string of the molecule is CCOC(=O)c1sc(NC(=O)CSc2nc(-c3ccc(Br)cc3)cc(C(F)(F)F)n2)c(C(=O)OCC)c1C. The Morgan fingerprint density at radius 3 is 2.29 bits per heavy atom. The Kier molecular flexibility index (Phi) is 9.90. The second-order valence-electron chi connectivity index (χ2n) is 7.46. The maximum atomic E-state index is 13.5. The number of rotatable bonds is 9. The van der Waals surface area contributed by atoms with Crippen LogP contribution in [0.5, 0.6) is 0 Å². The summed E-state index contributed by atoms with van der Waals surface area (Å²) >= 11 is 4.81. The summed E-state index contributed by atoms with van der Waals surface area (Å²) in [6, 6.07) is 7.37. The fraction of sp³-hybridized carbons (Fsp3) is 0.292. The molecule has 1 N–H and O–H groups in total. The van der Waals surface area contributed by atoms with Crippen LogP contribution < -0.4 is 5.32 Å². The normalized spacial score (nSPS) is 11.2. The van der Waals surface area contributed by atoms with Crippen LogP contribution in [0.25, 0.3) is 11.3 Å². The minimum Gasteiger partial charge on any atom is -0.462 e. The van der Waals surface area contributed by atoms with Gasteiger partial charge in [-0.2, -0.15) is 13.2 Å². The zero-order valence-electron chi connectivity index (χ0n) is 20.3. The van der Waals surface area contributed by atoms with Crippen molar-refractivity contribution in [2.45, 2.75) is 32.1 Å². The average molecular weight is 632 g/mol. The lowest BCUT2D eigenvalue weighted by Crippen LogP contribution is -2.17. The maximum Gasteiger partial charge on any atom is 0.433 e. The Balaban J connectivity index is 1.85. The highest BCUT2D eigenvalue weighted by Gasteiger charge is 2.34. The van der Waals surface area contributed by atoms with Crippen LogP contribution in [0.3, 0.4) is 0 Å². The minimum absolute atomic E-state index is 0.00564. The summed E-state index contributed by atoms with van der Waals surface area (Å²) in [4.78, 5) is 45.4. The van der Waals surface area contributed by atoms with Crippen LogP contribution in [-0.2, 0) is 20.4 Å². The summed E-state index contributed by atoms with van der Waals surface area (Å²) in [7, 11) is 0. The van der Waals surface area contributed by atoms with Crippen LogP contribution >= 0.6 is 39.0 Å². The second-order valence-corrected chi connectivity index (χ2v) is 10.3. The predicted molar refractivity (Wildman–Crippen MR) is 140 cm³/mol. The predicted octanol–water partition coefficient (Wildman–Crippen LogP) is 6.38. The Hall–Kier alpha value is -2.97. The van der Waals surface area contributed by atoms with Crippen LogP contribution in [0, 0.1) is 6.92 Å². The number of halogens is 4. The summed E-state index contributed by atoms with van der Waals surface area (Å²) in [5.41, 5.74) is -0.375. The minimum atomic E-state index is -4.73. The molecule has 38 heavy (non-hydrogen) atoms. The smallest absolute Gasteiger partial charge is 0.433 e. The molecule has 0 saturated carbocycles. The Morgan fingerprint density at radius 1 is 1.05 bits per heavy atom. The Morgan fingerprint density at radius 2 is 1.68 bits per heavy atom. The largest absolute Gasteiger partial charge is 0.462 e. The summed E-state index contributed by atoms with van der Waals surface area (Å²) in [6.07, 6.45) is -4.73.